The Kier molecular flexibility index (Phi) is 3.05. The molecule has 0 radical (unpaired) electrons. The first-order chi connectivity index (χ1) is 5.65. The van der Waals surface area contributed by atoms with Gasteiger partial charge in [0.2, 0.25) is 11.8 Å². The van der Waals surface area contributed by atoms with Crippen molar-refractivity contribution in [2.45, 2.75) is 31.7 Å². The molecule has 0 aromatic carbocycles. The van der Waals surface area contributed by atoms with Crippen molar-refractivity contribution < 1.29 is 4.42 Å². The molecule has 0 saturated carbocycles. The molecular weight excluding hydrogens is 178 g/mol. The first kappa shape index (κ1) is 9.48. The number of aromatic nitrogens is 2. The second kappa shape index (κ2) is 3.87. The van der Waals surface area contributed by atoms with Crippen LogP contribution in [0.5, 0.6) is 0 Å². The Morgan fingerprint density at radius 1 is 1.50 bits per heavy atom. The molecular formula is C7H12ClN3O. The Hall–Kier alpha value is -0.610. The van der Waals surface area contributed by atoms with Crippen LogP contribution in [-0.2, 0) is 0 Å². The predicted molar refractivity (Wildman–Crippen MR) is 45.8 cm³/mol. The van der Waals surface area contributed by atoms with Gasteiger partial charge in [-0.1, -0.05) is 6.92 Å². The van der Waals surface area contributed by atoms with Gasteiger partial charge in [0, 0.05) is 0 Å². The quantitative estimate of drug-likeness (QED) is 0.737. The van der Waals surface area contributed by atoms with Gasteiger partial charge in [0.25, 0.3) is 0 Å². The average molecular weight is 190 g/mol. The topological polar surface area (TPSA) is 64.9 Å². The molecule has 0 aliphatic rings. The molecule has 1 heterocycles. The van der Waals surface area contributed by atoms with Crippen molar-refractivity contribution in [3.05, 3.63) is 11.8 Å². The fourth-order valence-corrected chi connectivity index (χ4v) is 0.820. The second-order valence-corrected chi connectivity index (χ2v) is 3.26. The van der Waals surface area contributed by atoms with E-state index in [9.17, 15) is 0 Å². The zero-order chi connectivity index (χ0) is 9.14. The molecule has 0 bridgehead atoms. The highest BCUT2D eigenvalue weighted by Crippen LogP contribution is 2.20. The number of hydrogen-bond acceptors (Lipinski definition) is 4. The summed E-state index contributed by atoms with van der Waals surface area (Å²) in [5.41, 5.74) is 5.67. The van der Waals surface area contributed by atoms with Gasteiger partial charge in [0.15, 0.2) is 0 Å². The second-order valence-electron chi connectivity index (χ2n) is 2.61. The normalized spacial score (nSPS) is 16.0. The number of rotatable bonds is 3. The van der Waals surface area contributed by atoms with Crippen molar-refractivity contribution in [1.29, 1.82) is 0 Å². The largest absolute Gasteiger partial charge is 0.422 e. The van der Waals surface area contributed by atoms with Crippen molar-refractivity contribution in [3.8, 4) is 0 Å². The van der Waals surface area contributed by atoms with Crippen LogP contribution in [0.25, 0.3) is 0 Å². The van der Waals surface area contributed by atoms with Crippen LogP contribution in [0.3, 0.4) is 0 Å². The van der Waals surface area contributed by atoms with Crippen LogP contribution in [0.1, 0.15) is 43.5 Å². The zero-order valence-electron chi connectivity index (χ0n) is 7.12. The predicted octanol–water partition coefficient (Wildman–Crippen LogP) is 1.78. The minimum absolute atomic E-state index is 0.179. The minimum Gasteiger partial charge on any atom is -0.422 e. The monoisotopic (exact) mass is 189 g/mol. The third-order valence-corrected chi connectivity index (χ3v) is 1.74. The molecule has 1 aromatic rings. The summed E-state index contributed by atoms with van der Waals surface area (Å²) in [4.78, 5) is 0. The molecule has 0 fully saturated rings. The van der Waals surface area contributed by atoms with Crippen molar-refractivity contribution in [2.24, 2.45) is 5.73 Å². The van der Waals surface area contributed by atoms with Crippen LogP contribution in [-0.4, -0.2) is 10.2 Å². The molecule has 1 aromatic heterocycles. The molecule has 68 valence electrons. The summed E-state index contributed by atoms with van der Waals surface area (Å²) in [7, 11) is 0. The van der Waals surface area contributed by atoms with E-state index in [0.717, 1.165) is 6.42 Å². The van der Waals surface area contributed by atoms with E-state index >= 15 is 0 Å². The van der Waals surface area contributed by atoms with E-state index in [1.807, 2.05) is 6.92 Å². The third kappa shape index (κ3) is 1.95. The van der Waals surface area contributed by atoms with Gasteiger partial charge >= 0.3 is 0 Å². The summed E-state index contributed by atoms with van der Waals surface area (Å²) in [5.74, 6) is 0.885. The maximum atomic E-state index is 5.73. The molecule has 1 rings (SSSR count). The highest BCUT2D eigenvalue weighted by atomic mass is 35.5. The molecule has 5 heteroatoms. The molecule has 2 N–H and O–H groups in total. The summed E-state index contributed by atoms with van der Waals surface area (Å²) in [6.45, 7) is 3.73. The van der Waals surface area contributed by atoms with Crippen LogP contribution in [0.4, 0.5) is 0 Å². The first-order valence-corrected chi connectivity index (χ1v) is 4.31. The maximum Gasteiger partial charge on any atom is 0.234 e. The molecule has 0 amide bonds. The molecule has 4 nitrogen and oxygen atoms in total. The van der Waals surface area contributed by atoms with Crippen molar-refractivity contribution >= 4 is 11.6 Å². The molecule has 0 aliphatic carbocycles. The summed E-state index contributed by atoms with van der Waals surface area (Å²) >= 11 is 5.73. The lowest BCUT2D eigenvalue weighted by molar-refractivity contribution is 0.413. The summed E-state index contributed by atoms with van der Waals surface area (Å²) < 4.78 is 5.22. The fraction of sp³-hybridized carbons (Fsp3) is 0.714. The van der Waals surface area contributed by atoms with Gasteiger partial charge in [0.05, 0.1) is 6.04 Å². The standard InChI is InChI=1S/C7H12ClN3O/c1-3-5(9)7-11-10-6(12-7)4(2)8/h4-5H,3,9H2,1-2H3. The van der Waals surface area contributed by atoms with E-state index in [1.165, 1.54) is 0 Å². The molecule has 2 atom stereocenters. The van der Waals surface area contributed by atoms with Gasteiger partial charge in [0.1, 0.15) is 5.38 Å². The third-order valence-electron chi connectivity index (χ3n) is 1.55. The van der Waals surface area contributed by atoms with Crippen LogP contribution in [0.15, 0.2) is 4.42 Å². The lowest BCUT2D eigenvalue weighted by atomic mass is 10.2. The van der Waals surface area contributed by atoms with E-state index in [0.29, 0.717) is 11.8 Å². The average Bonchev–Trinajstić information content (AvgIpc) is 2.51. The Morgan fingerprint density at radius 2 is 2.08 bits per heavy atom. The van der Waals surface area contributed by atoms with E-state index < -0.39 is 0 Å². The van der Waals surface area contributed by atoms with E-state index in [4.69, 9.17) is 21.8 Å². The zero-order valence-corrected chi connectivity index (χ0v) is 7.88. The molecule has 0 saturated heterocycles. The highest BCUT2D eigenvalue weighted by Gasteiger charge is 2.14. The Bertz CT molecular complexity index is 249. The minimum atomic E-state index is -0.254. The maximum absolute atomic E-state index is 5.73. The first-order valence-electron chi connectivity index (χ1n) is 3.88. The Morgan fingerprint density at radius 3 is 2.50 bits per heavy atom. The Balaban J connectivity index is 2.77. The SMILES string of the molecule is CCC(N)c1nnc(C(C)Cl)o1. The van der Waals surface area contributed by atoms with Gasteiger partial charge in [-0.05, 0) is 13.3 Å². The van der Waals surface area contributed by atoms with Crippen LogP contribution >= 0.6 is 11.6 Å². The lowest BCUT2D eigenvalue weighted by Gasteiger charge is -2.00. The van der Waals surface area contributed by atoms with Gasteiger partial charge < -0.3 is 10.2 Å². The number of hydrogen-bond donors (Lipinski definition) is 1. The fourth-order valence-electron chi connectivity index (χ4n) is 0.732. The van der Waals surface area contributed by atoms with Gasteiger partial charge in [-0.3, -0.25) is 0 Å². The smallest absolute Gasteiger partial charge is 0.234 e. The summed E-state index contributed by atoms with van der Waals surface area (Å²) in [6.07, 6.45) is 0.776. The van der Waals surface area contributed by atoms with Crippen molar-refractivity contribution in [3.63, 3.8) is 0 Å². The number of nitrogens with two attached hydrogens (primary N) is 1. The van der Waals surface area contributed by atoms with E-state index in [2.05, 4.69) is 10.2 Å². The molecule has 12 heavy (non-hydrogen) atoms. The van der Waals surface area contributed by atoms with Crippen LogP contribution < -0.4 is 5.73 Å². The lowest BCUT2D eigenvalue weighted by Crippen LogP contribution is -2.08. The molecule has 2 unspecified atom stereocenters. The summed E-state index contributed by atoms with van der Waals surface area (Å²) in [6, 6.07) is -0.179. The van der Waals surface area contributed by atoms with Gasteiger partial charge in [-0.25, -0.2) is 0 Å². The summed E-state index contributed by atoms with van der Waals surface area (Å²) in [5, 5.41) is 7.28. The Labute approximate surface area is 76.1 Å². The van der Waals surface area contributed by atoms with Crippen molar-refractivity contribution in [1.82, 2.24) is 10.2 Å². The van der Waals surface area contributed by atoms with Gasteiger partial charge in [-0.15, -0.1) is 21.8 Å². The number of halogens is 1. The van der Waals surface area contributed by atoms with E-state index in [1.54, 1.807) is 6.92 Å². The number of nitrogens with zero attached hydrogens (tertiary/aromatic N) is 2. The van der Waals surface area contributed by atoms with Crippen LogP contribution in [0.2, 0.25) is 0 Å². The van der Waals surface area contributed by atoms with Crippen molar-refractivity contribution in [2.75, 3.05) is 0 Å². The number of alkyl halides is 1. The van der Waals surface area contributed by atoms with Crippen LogP contribution in [0, 0.1) is 0 Å². The van der Waals surface area contributed by atoms with Gasteiger partial charge in [-0.2, -0.15) is 0 Å². The molecule has 0 aliphatic heterocycles. The molecule has 0 spiro atoms. The van der Waals surface area contributed by atoms with E-state index in [-0.39, 0.29) is 11.4 Å². The highest BCUT2D eigenvalue weighted by molar-refractivity contribution is 6.20.